The van der Waals surface area contributed by atoms with Gasteiger partial charge in [-0.25, -0.2) is 0 Å². The van der Waals surface area contributed by atoms with E-state index in [1.165, 1.54) is 0 Å². The first-order chi connectivity index (χ1) is 6.11. The molecule has 3 nitrogen and oxygen atoms in total. The van der Waals surface area contributed by atoms with E-state index in [4.69, 9.17) is 16.9 Å². The van der Waals surface area contributed by atoms with Gasteiger partial charge in [0.05, 0.1) is 18.6 Å². The highest BCUT2D eigenvalue weighted by Gasteiger charge is 2.43. The molecule has 1 aliphatic heterocycles. The van der Waals surface area contributed by atoms with E-state index in [2.05, 4.69) is 5.92 Å². The van der Waals surface area contributed by atoms with Gasteiger partial charge in [-0.15, -0.1) is 12.3 Å². The van der Waals surface area contributed by atoms with E-state index >= 15 is 0 Å². The lowest BCUT2D eigenvalue weighted by atomic mass is 9.80. The summed E-state index contributed by atoms with van der Waals surface area (Å²) in [6.45, 7) is 2.75. The summed E-state index contributed by atoms with van der Waals surface area (Å²) in [5.41, 5.74) is 5.27. The summed E-state index contributed by atoms with van der Waals surface area (Å²) < 4.78 is 5.18. The molecular formula is C10H15NO2. The number of nitrogens with two attached hydrogens (primary N) is 1. The number of ketones is 1. The lowest BCUT2D eigenvalue weighted by molar-refractivity contribution is -0.128. The number of hydrogen-bond donors (Lipinski definition) is 1. The molecule has 1 fully saturated rings. The van der Waals surface area contributed by atoms with Crippen molar-refractivity contribution in [1.82, 2.24) is 0 Å². The van der Waals surface area contributed by atoms with Gasteiger partial charge in [-0.3, -0.25) is 4.79 Å². The molecule has 2 atom stereocenters. The zero-order valence-corrected chi connectivity index (χ0v) is 7.88. The fourth-order valence-electron chi connectivity index (χ4n) is 1.45. The molecule has 1 rings (SSSR count). The van der Waals surface area contributed by atoms with Gasteiger partial charge in [0.1, 0.15) is 5.78 Å². The number of carbonyl (C=O) groups excluding carboxylic acids is 1. The molecule has 0 amide bonds. The maximum atomic E-state index is 11.7. The Morgan fingerprint density at radius 1 is 1.85 bits per heavy atom. The van der Waals surface area contributed by atoms with Crippen molar-refractivity contribution in [3.8, 4) is 12.3 Å². The van der Waals surface area contributed by atoms with Crippen LogP contribution in [0.15, 0.2) is 0 Å². The highest BCUT2D eigenvalue weighted by molar-refractivity contribution is 5.85. The minimum Gasteiger partial charge on any atom is -0.379 e. The Bertz CT molecular complexity index is 244. The zero-order chi connectivity index (χ0) is 9.90. The van der Waals surface area contributed by atoms with Crippen molar-refractivity contribution in [2.24, 2.45) is 11.1 Å². The van der Waals surface area contributed by atoms with E-state index < -0.39 is 5.41 Å². The topological polar surface area (TPSA) is 52.3 Å². The summed E-state index contributed by atoms with van der Waals surface area (Å²) in [5, 5.41) is 0. The van der Waals surface area contributed by atoms with Gasteiger partial charge in [-0.2, -0.15) is 0 Å². The molecule has 0 radical (unpaired) electrons. The summed E-state index contributed by atoms with van der Waals surface area (Å²) in [5.74, 6) is 2.57. The molecule has 72 valence electrons. The summed E-state index contributed by atoms with van der Waals surface area (Å²) in [6, 6.07) is -0.183. The molecule has 1 heterocycles. The van der Waals surface area contributed by atoms with Crippen LogP contribution in [-0.2, 0) is 9.53 Å². The molecule has 0 bridgehead atoms. The lowest BCUT2D eigenvalue weighted by Crippen LogP contribution is -2.44. The van der Waals surface area contributed by atoms with E-state index in [0.29, 0.717) is 26.1 Å². The minimum atomic E-state index is -0.517. The third-order valence-corrected chi connectivity index (χ3v) is 2.65. The van der Waals surface area contributed by atoms with Crippen LogP contribution >= 0.6 is 0 Å². The number of rotatable bonds is 3. The normalized spacial score (nSPS) is 32.8. The second kappa shape index (κ2) is 3.91. The Morgan fingerprint density at radius 3 is 3.00 bits per heavy atom. The summed E-state index contributed by atoms with van der Waals surface area (Å²) in [4.78, 5) is 11.7. The molecule has 2 N–H and O–H groups in total. The van der Waals surface area contributed by atoms with Crippen molar-refractivity contribution in [2.45, 2.75) is 25.8 Å². The first kappa shape index (κ1) is 10.2. The van der Waals surface area contributed by atoms with E-state index in [9.17, 15) is 4.79 Å². The van der Waals surface area contributed by atoms with Crippen LogP contribution in [0, 0.1) is 17.8 Å². The molecule has 0 aromatic heterocycles. The number of terminal acetylenes is 1. The molecule has 0 spiro atoms. The Morgan fingerprint density at radius 2 is 2.54 bits per heavy atom. The van der Waals surface area contributed by atoms with Crippen LogP contribution in [0.5, 0.6) is 0 Å². The molecule has 0 aromatic carbocycles. The van der Waals surface area contributed by atoms with Crippen LogP contribution < -0.4 is 5.73 Å². The van der Waals surface area contributed by atoms with Crippen LogP contribution in [0.3, 0.4) is 0 Å². The standard InChI is InChI=1S/C10H15NO2/c1-3-4-5-9(12)10(2)7-13-6-8(10)11/h1,8H,4-7,11H2,2H3. The van der Waals surface area contributed by atoms with Gasteiger partial charge in [-0.05, 0) is 6.92 Å². The van der Waals surface area contributed by atoms with Crippen molar-refractivity contribution in [2.75, 3.05) is 13.2 Å². The quantitative estimate of drug-likeness (QED) is 0.638. The first-order valence-corrected chi connectivity index (χ1v) is 4.41. The highest BCUT2D eigenvalue weighted by Crippen LogP contribution is 2.29. The number of ether oxygens (including phenoxy) is 1. The first-order valence-electron chi connectivity index (χ1n) is 4.41. The van der Waals surface area contributed by atoms with Crippen molar-refractivity contribution in [3.05, 3.63) is 0 Å². The second-order valence-corrected chi connectivity index (χ2v) is 3.67. The van der Waals surface area contributed by atoms with E-state index in [-0.39, 0.29) is 11.8 Å². The largest absolute Gasteiger partial charge is 0.379 e. The Hall–Kier alpha value is -0.850. The number of Topliss-reactive ketones (excluding diaryl/α,β-unsaturated/α-hetero) is 1. The molecule has 3 heteroatoms. The van der Waals surface area contributed by atoms with Crippen LogP contribution in [-0.4, -0.2) is 25.0 Å². The van der Waals surface area contributed by atoms with Gasteiger partial charge in [0.2, 0.25) is 0 Å². The van der Waals surface area contributed by atoms with E-state index in [1.807, 2.05) is 6.92 Å². The van der Waals surface area contributed by atoms with Crippen LogP contribution in [0.2, 0.25) is 0 Å². The molecule has 0 saturated carbocycles. The smallest absolute Gasteiger partial charge is 0.143 e. The van der Waals surface area contributed by atoms with Crippen molar-refractivity contribution >= 4 is 5.78 Å². The SMILES string of the molecule is C#CCCC(=O)C1(C)COCC1N. The number of carbonyl (C=O) groups is 1. The second-order valence-electron chi connectivity index (χ2n) is 3.67. The van der Waals surface area contributed by atoms with Gasteiger partial charge in [-0.1, -0.05) is 0 Å². The van der Waals surface area contributed by atoms with Gasteiger partial charge in [0.15, 0.2) is 0 Å². The number of hydrogen-bond acceptors (Lipinski definition) is 3. The molecule has 1 aliphatic rings. The Kier molecular flexibility index (Phi) is 3.07. The molecule has 1 saturated heterocycles. The average Bonchev–Trinajstić information content (AvgIpc) is 2.44. The fraction of sp³-hybridized carbons (Fsp3) is 0.700. The van der Waals surface area contributed by atoms with Crippen molar-refractivity contribution in [1.29, 1.82) is 0 Å². The molecule has 13 heavy (non-hydrogen) atoms. The van der Waals surface area contributed by atoms with Gasteiger partial charge < -0.3 is 10.5 Å². The lowest BCUT2D eigenvalue weighted by Gasteiger charge is -2.24. The van der Waals surface area contributed by atoms with Crippen LogP contribution in [0.1, 0.15) is 19.8 Å². The fourth-order valence-corrected chi connectivity index (χ4v) is 1.45. The Balaban J connectivity index is 2.59. The molecule has 2 unspecified atom stereocenters. The maximum Gasteiger partial charge on any atom is 0.143 e. The summed E-state index contributed by atoms with van der Waals surface area (Å²) in [7, 11) is 0. The van der Waals surface area contributed by atoms with Gasteiger partial charge in [0.25, 0.3) is 0 Å². The van der Waals surface area contributed by atoms with Crippen molar-refractivity contribution in [3.63, 3.8) is 0 Å². The van der Waals surface area contributed by atoms with Gasteiger partial charge in [0, 0.05) is 18.9 Å². The molecule has 0 aromatic rings. The predicted octanol–water partition coefficient (Wildman–Crippen LogP) is 0.333. The zero-order valence-electron chi connectivity index (χ0n) is 7.88. The van der Waals surface area contributed by atoms with Crippen LogP contribution in [0.4, 0.5) is 0 Å². The van der Waals surface area contributed by atoms with Crippen LogP contribution in [0.25, 0.3) is 0 Å². The molecular weight excluding hydrogens is 166 g/mol. The minimum absolute atomic E-state index is 0.121. The van der Waals surface area contributed by atoms with Gasteiger partial charge >= 0.3 is 0 Å². The maximum absolute atomic E-state index is 11.7. The highest BCUT2D eigenvalue weighted by atomic mass is 16.5. The van der Waals surface area contributed by atoms with E-state index in [0.717, 1.165) is 0 Å². The summed E-state index contributed by atoms with van der Waals surface area (Å²) >= 11 is 0. The van der Waals surface area contributed by atoms with E-state index in [1.54, 1.807) is 0 Å². The average molecular weight is 181 g/mol. The Labute approximate surface area is 78.6 Å². The third kappa shape index (κ3) is 1.90. The van der Waals surface area contributed by atoms with Crippen molar-refractivity contribution < 1.29 is 9.53 Å². The summed E-state index contributed by atoms with van der Waals surface area (Å²) in [6.07, 6.45) is 5.98. The monoisotopic (exact) mass is 181 g/mol. The third-order valence-electron chi connectivity index (χ3n) is 2.65. The molecule has 0 aliphatic carbocycles. The predicted molar refractivity (Wildman–Crippen MR) is 50.0 cm³/mol.